The van der Waals surface area contributed by atoms with E-state index in [1.807, 2.05) is 0 Å². The fraction of sp³-hybridized carbons (Fsp3) is 0.222. The first kappa shape index (κ1) is 16.4. The smallest absolute Gasteiger partial charge is 0.204 e. The largest absolute Gasteiger partial charge is 0.508 e. The van der Waals surface area contributed by atoms with Crippen molar-refractivity contribution in [3.8, 4) is 23.0 Å². The lowest BCUT2D eigenvalue weighted by molar-refractivity contribution is -0.0230. The molecule has 134 valence electrons. The van der Waals surface area contributed by atoms with Gasteiger partial charge in [0.1, 0.15) is 23.0 Å². The number of fused-ring (bicyclic) bond motifs is 3. The average molecular weight is 358 g/mol. The van der Waals surface area contributed by atoms with Crippen LogP contribution in [0, 0.1) is 0 Å². The monoisotopic (exact) mass is 358 g/mol. The Morgan fingerprint density at radius 3 is 2.35 bits per heavy atom. The van der Waals surface area contributed by atoms with Crippen molar-refractivity contribution in [2.24, 2.45) is 0 Å². The predicted octanol–water partition coefficient (Wildman–Crippen LogP) is 0.756. The molecule has 0 spiro atoms. The zero-order chi connectivity index (χ0) is 18.7. The summed E-state index contributed by atoms with van der Waals surface area (Å²) in [6.45, 7) is -0.281. The summed E-state index contributed by atoms with van der Waals surface area (Å²) in [6, 6.07) is 3.24. The number of rotatable bonds is 2. The Bertz CT molecular complexity index is 978. The summed E-state index contributed by atoms with van der Waals surface area (Å²) < 4.78 is 5.26. The molecule has 0 amide bonds. The van der Waals surface area contributed by atoms with E-state index in [1.54, 1.807) is 0 Å². The maximum absolute atomic E-state index is 12.8. The highest BCUT2D eigenvalue weighted by Gasteiger charge is 2.42. The Kier molecular flexibility index (Phi) is 3.43. The van der Waals surface area contributed by atoms with Gasteiger partial charge in [-0.25, -0.2) is 0 Å². The Morgan fingerprint density at radius 1 is 0.962 bits per heavy atom. The molecule has 2 aromatic rings. The van der Waals surface area contributed by atoms with Crippen LogP contribution < -0.4 is 4.74 Å². The number of carbonyl (C=O) groups is 2. The van der Waals surface area contributed by atoms with Gasteiger partial charge in [-0.15, -0.1) is 0 Å². The highest BCUT2D eigenvalue weighted by atomic mass is 16.6. The molecule has 2 aromatic carbocycles. The third-order valence-corrected chi connectivity index (χ3v) is 4.75. The van der Waals surface area contributed by atoms with Crippen LogP contribution in [-0.2, 0) is 0 Å². The van der Waals surface area contributed by atoms with Crippen molar-refractivity contribution in [1.29, 1.82) is 0 Å². The van der Waals surface area contributed by atoms with Gasteiger partial charge in [0, 0.05) is 29.4 Å². The van der Waals surface area contributed by atoms with E-state index < -0.39 is 35.3 Å². The third-order valence-electron chi connectivity index (χ3n) is 4.75. The lowest BCUT2D eigenvalue weighted by atomic mass is 9.80. The summed E-state index contributed by atoms with van der Waals surface area (Å²) in [5.41, 5.74) is -0.824. The van der Waals surface area contributed by atoms with Crippen LogP contribution in [0.5, 0.6) is 23.0 Å². The van der Waals surface area contributed by atoms with Gasteiger partial charge in [0.2, 0.25) is 12.1 Å². The Labute approximate surface area is 146 Å². The molecule has 4 rings (SSSR count). The molecule has 1 aliphatic carbocycles. The van der Waals surface area contributed by atoms with Crippen LogP contribution in [0.3, 0.4) is 0 Å². The van der Waals surface area contributed by atoms with Gasteiger partial charge in [0.05, 0.1) is 17.0 Å². The summed E-state index contributed by atoms with van der Waals surface area (Å²) in [5, 5.41) is 49.4. The zero-order valence-corrected chi connectivity index (χ0v) is 13.3. The minimum absolute atomic E-state index is 0.0428. The molecular weight excluding hydrogens is 344 g/mol. The molecule has 8 nitrogen and oxygen atoms in total. The van der Waals surface area contributed by atoms with E-state index in [0.29, 0.717) is 0 Å². The van der Waals surface area contributed by atoms with E-state index in [0.717, 1.165) is 12.1 Å². The maximum atomic E-state index is 12.8. The molecule has 0 aromatic heterocycles. The molecule has 0 unspecified atom stereocenters. The summed E-state index contributed by atoms with van der Waals surface area (Å²) in [7, 11) is 0. The molecule has 0 saturated carbocycles. The molecule has 0 fully saturated rings. The second kappa shape index (κ2) is 5.45. The molecular formula is C18H14O8. The van der Waals surface area contributed by atoms with Crippen LogP contribution in [0.4, 0.5) is 0 Å². The van der Waals surface area contributed by atoms with E-state index in [9.17, 15) is 30.0 Å². The lowest BCUT2D eigenvalue weighted by Crippen LogP contribution is -2.22. The minimum Gasteiger partial charge on any atom is -0.508 e. The molecule has 2 aliphatic rings. The fourth-order valence-corrected chi connectivity index (χ4v) is 3.61. The minimum atomic E-state index is -1.34. The van der Waals surface area contributed by atoms with Crippen molar-refractivity contribution in [2.45, 2.75) is 18.6 Å². The van der Waals surface area contributed by atoms with E-state index in [-0.39, 0.29) is 52.3 Å². The number of aromatic hydroxyl groups is 3. The first-order valence-corrected chi connectivity index (χ1v) is 7.86. The van der Waals surface area contributed by atoms with Gasteiger partial charge >= 0.3 is 0 Å². The number of phenols is 3. The van der Waals surface area contributed by atoms with Gasteiger partial charge in [-0.1, -0.05) is 0 Å². The van der Waals surface area contributed by atoms with Crippen LogP contribution in [0.15, 0.2) is 18.2 Å². The fourth-order valence-electron chi connectivity index (χ4n) is 3.61. The summed E-state index contributed by atoms with van der Waals surface area (Å²) in [5.74, 6) is -3.67. The molecule has 2 atom stereocenters. The summed E-state index contributed by atoms with van der Waals surface area (Å²) in [6.07, 6.45) is -1.25. The van der Waals surface area contributed by atoms with Crippen molar-refractivity contribution in [3.05, 3.63) is 46.0 Å². The van der Waals surface area contributed by atoms with Crippen molar-refractivity contribution < 1.29 is 39.9 Å². The number of aliphatic hydroxyl groups is 2. The van der Waals surface area contributed by atoms with E-state index in [4.69, 9.17) is 9.84 Å². The van der Waals surface area contributed by atoms with E-state index >= 15 is 0 Å². The second-order valence-corrected chi connectivity index (χ2v) is 6.23. The first-order chi connectivity index (χ1) is 12.3. The number of carbonyl (C=O) groups excluding carboxylic acids is 2. The lowest BCUT2D eigenvalue weighted by Gasteiger charge is -2.21. The van der Waals surface area contributed by atoms with Crippen LogP contribution in [0.2, 0.25) is 0 Å². The summed E-state index contributed by atoms with van der Waals surface area (Å²) in [4.78, 5) is 25.6. The topological polar surface area (TPSA) is 145 Å². The third kappa shape index (κ3) is 2.03. The molecule has 1 heterocycles. The van der Waals surface area contributed by atoms with Crippen LogP contribution >= 0.6 is 0 Å². The Balaban J connectivity index is 1.98. The molecule has 0 bridgehead atoms. The number of phenolic OH excluding ortho intramolecular Hbond substituents is 3. The zero-order valence-electron chi connectivity index (χ0n) is 13.3. The Hall–Kier alpha value is -3.10. The van der Waals surface area contributed by atoms with Crippen LogP contribution in [-0.4, -0.2) is 50.0 Å². The normalized spacial score (nSPS) is 20.4. The highest BCUT2D eigenvalue weighted by Crippen LogP contribution is 2.50. The van der Waals surface area contributed by atoms with Gasteiger partial charge in [-0.05, 0) is 18.6 Å². The van der Waals surface area contributed by atoms with Crippen molar-refractivity contribution in [1.82, 2.24) is 0 Å². The second-order valence-electron chi connectivity index (χ2n) is 6.23. The number of ether oxygens (including phenoxy) is 1. The summed E-state index contributed by atoms with van der Waals surface area (Å²) >= 11 is 0. The number of aliphatic hydroxyl groups excluding tert-OH is 2. The molecule has 26 heavy (non-hydrogen) atoms. The number of hydrogen-bond donors (Lipinski definition) is 5. The number of ketones is 2. The van der Waals surface area contributed by atoms with Crippen LogP contribution in [0.25, 0.3) is 0 Å². The first-order valence-electron chi connectivity index (χ1n) is 7.86. The predicted molar refractivity (Wildman–Crippen MR) is 85.8 cm³/mol. The van der Waals surface area contributed by atoms with Crippen molar-refractivity contribution in [3.63, 3.8) is 0 Å². The standard InChI is InChI=1S/C18H14O8/c19-2-1-7-13-11(26-18(7)25)5-9-14(17(13)24)16(23)12-8(15(9)22)3-6(20)4-10(12)21/h3-5,7,18-21,24-25H,1-2H2/t7-,18+/m0/s1. The van der Waals surface area contributed by atoms with Crippen molar-refractivity contribution in [2.75, 3.05) is 6.61 Å². The highest BCUT2D eigenvalue weighted by molar-refractivity contribution is 6.30. The number of hydrogen-bond acceptors (Lipinski definition) is 8. The number of benzene rings is 2. The Morgan fingerprint density at radius 2 is 1.65 bits per heavy atom. The molecule has 5 N–H and O–H groups in total. The maximum Gasteiger partial charge on any atom is 0.204 e. The van der Waals surface area contributed by atoms with Crippen molar-refractivity contribution >= 4 is 11.6 Å². The molecule has 0 saturated heterocycles. The van der Waals surface area contributed by atoms with Gasteiger partial charge < -0.3 is 30.3 Å². The molecule has 0 radical (unpaired) electrons. The average Bonchev–Trinajstić information content (AvgIpc) is 2.88. The quantitative estimate of drug-likeness (QED) is 0.451. The van der Waals surface area contributed by atoms with Gasteiger partial charge in [0.25, 0.3) is 0 Å². The van der Waals surface area contributed by atoms with E-state index in [2.05, 4.69) is 0 Å². The van der Waals surface area contributed by atoms with Gasteiger partial charge in [0.15, 0.2) is 5.78 Å². The van der Waals surface area contributed by atoms with Gasteiger partial charge in [-0.2, -0.15) is 0 Å². The molecule has 8 heteroatoms. The SMILES string of the molecule is O=C1c2cc(O)cc(O)c2C(=O)c2c1cc1c(c2O)[C@H](CCO)[C@H](O)O1. The van der Waals surface area contributed by atoms with Crippen LogP contribution in [0.1, 0.15) is 49.7 Å². The van der Waals surface area contributed by atoms with Gasteiger partial charge in [-0.3, -0.25) is 9.59 Å². The van der Waals surface area contributed by atoms with E-state index in [1.165, 1.54) is 6.07 Å². The molecule has 1 aliphatic heterocycles.